The molecule has 0 amide bonds. The van der Waals surface area contributed by atoms with Crippen molar-refractivity contribution in [2.45, 2.75) is 44.4 Å². The van der Waals surface area contributed by atoms with E-state index in [0.29, 0.717) is 5.92 Å². The van der Waals surface area contributed by atoms with Gasteiger partial charge in [-0.3, -0.25) is 9.78 Å². The molecule has 1 fully saturated rings. The number of rotatable bonds is 4. The van der Waals surface area contributed by atoms with Crippen molar-refractivity contribution in [3.63, 3.8) is 0 Å². The van der Waals surface area contributed by atoms with Crippen LogP contribution in [0.5, 0.6) is 0 Å². The van der Waals surface area contributed by atoms with Gasteiger partial charge in [0.2, 0.25) is 0 Å². The number of carboxylic acids is 1. The van der Waals surface area contributed by atoms with E-state index in [4.69, 9.17) is 5.11 Å². The second-order valence-corrected chi connectivity index (χ2v) is 6.17. The molecule has 0 bridgehead atoms. The smallest absolute Gasteiger partial charge is 0.304 e. The second kappa shape index (κ2) is 4.58. The normalized spacial score (nSPS) is 16.6. The Balaban J connectivity index is 2.06. The van der Waals surface area contributed by atoms with Gasteiger partial charge >= 0.3 is 5.97 Å². The summed E-state index contributed by atoms with van der Waals surface area (Å²) < 4.78 is 0. The fraction of sp³-hybridized carbons (Fsp3) is 0.412. The van der Waals surface area contributed by atoms with E-state index in [-0.39, 0.29) is 11.8 Å². The predicted octanol–water partition coefficient (Wildman–Crippen LogP) is 3.86. The minimum Gasteiger partial charge on any atom is -0.481 e. The minimum absolute atomic E-state index is 0.131. The van der Waals surface area contributed by atoms with E-state index in [1.807, 2.05) is 12.4 Å². The summed E-state index contributed by atoms with van der Waals surface area (Å²) >= 11 is 0. The summed E-state index contributed by atoms with van der Waals surface area (Å²) in [6.07, 6.45) is 5.98. The molecule has 1 aliphatic carbocycles. The summed E-state index contributed by atoms with van der Waals surface area (Å²) in [5.74, 6) is -0.275. The molecule has 0 aliphatic heterocycles. The third kappa shape index (κ3) is 2.17. The molecule has 20 heavy (non-hydrogen) atoms. The molecule has 1 aromatic carbocycles. The zero-order valence-corrected chi connectivity index (χ0v) is 11.9. The van der Waals surface area contributed by atoms with Gasteiger partial charge in [-0.15, -0.1) is 0 Å². The number of hydrogen-bond acceptors (Lipinski definition) is 2. The molecular formula is C17H19NO2. The second-order valence-electron chi connectivity index (χ2n) is 6.17. The van der Waals surface area contributed by atoms with Gasteiger partial charge in [-0.05, 0) is 41.3 Å². The van der Waals surface area contributed by atoms with Crippen molar-refractivity contribution in [2.24, 2.45) is 0 Å². The van der Waals surface area contributed by atoms with Gasteiger partial charge in [0.05, 0.1) is 6.42 Å². The van der Waals surface area contributed by atoms with E-state index in [1.165, 1.54) is 10.9 Å². The summed E-state index contributed by atoms with van der Waals surface area (Å²) in [6.45, 7) is 4.33. The fourth-order valence-corrected chi connectivity index (χ4v) is 3.00. The lowest BCUT2D eigenvalue weighted by Gasteiger charge is -2.15. The SMILES string of the molecule is CC(C)c1cncc2cc(C3(CC(=O)O)CC3)ccc12. The molecule has 0 spiro atoms. The fourth-order valence-electron chi connectivity index (χ4n) is 3.00. The maximum atomic E-state index is 11.0. The van der Waals surface area contributed by atoms with E-state index in [2.05, 4.69) is 37.0 Å². The molecule has 2 aromatic rings. The number of hydrogen-bond donors (Lipinski definition) is 1. The number of carbonyl (C=O) groups is 1. The number of fused-ring (bicyclic) bond motifs is 1. The lowest BCUT2D eigenvalue weighted by atomic mass is 9.89. The maximum Gasteiger partial charge on any atom is 0.304 e. The molecule has 1 saturated carbocycles. The molecule has 0 atom stereocenters. The zero-order valence-electron chi connectivity index (χ0n) is 11.9. The minimum atomic E-state index is -0.711. The highest BCUT2D eigenvalue weighted by Gasteiger charge is 2.45. The molecule has 3 rings (SSSR count). The number of carboxylic acid groups (broad SMARTS) is 1. The quantitative estimate of drug-likeness (QED) is 0.916. The third-order valence-electron chi connectivity index (χ3n) is 4.37. The van der Waals surface area contributed by atoms with E-state index >= 15 is 0 Å². The Bertz CT molecular complexity index is 672. The van der Waals surface area contributed by atoms with Crippen molar-refractivity contribution in [3.05, 3.63) is 41.7 Å². The van der Waals surface area contributed by atoms with Crippen LogP contribution in [-0.4, -0.2) is 16.1 Å². The summed E-state index contributed by atoms with van der Waals surface area (Å²) in [5, 5.41) is 11.4. The zero-order chi connectivity index (χ0) is 14.3. The largest absolute Gasteiger partial charge is 0.481 e. The van der Waals surface area contributed by atoms with Crippen molar-refractivity contribution in [1.29, 1.82) is 0 Å². The van der Waals surface area contributed by atoms with E-state index in [9.17, 15) is 4.79 Å². The molecule has 0 unspecified atom stereocenters. The number of pyridine rings is 1. The Morgan fingerprint density at radius 3 is 2.70 bits per heavy atom. The summed E-state index contributed by atoms with van der Waals surface area (Å²) in [6, 6.07) is 6.36. The maximum absolute atomic E-state index is 11.0. The molecule has 1 aromatic heterocycles. The highest BCUT2D eigenvalue weighted by Crippen LogP contribution is 2.51. The number of benzene rings is 1. The van der Waals surface area contributed by atoms with Crippen LogP contribution < -0.4 is 0 Å². The van der Waals surface area contributed by atoms with Gasteiger partial charge in [-0.25, -0.2) is 0 Å². The highest BCUT2D eigenvalue weighted by molar-refractivity contribution is 5.86. The van der Waals surface area contributed by atoms with Crippen LogP contribution >= 0.6 is 0 Å². The van der Waals surface area contributed by atoms with Crippen molar-refractivity contribution < 1.29 is 9.90 Å². The first-order chi connectivity index (χ1) is 9.52. The Morgan fingerprint density at radius 1 is 1.35 bits per heavy atom. The first-order valence-corrected chi connectivity index (χ1v) is 7.12. The van der Waals surface area contributed by atoms with Crippen LogP contribution in [0, 0.1) is 0 Å². The van der Waals surface area contributed by atoms with Gasteiger partial charge in [-0.2, -0.15) is 0 Å². The van der Waals surface area contributed by atoms with Gasteiger partial charge < -0.3 is 5.11 Å². The van der Waals surface area contributed by atoms with Crippen LogP contribution in [0.25, 0.3) is 10.8 Å². The van der Waals surface area contributed by atoms with Crippen LogP contribution in [-0.2, 0) is 10.2 Å². The highest BCUT2D eigenvalue weighted by atomic mass is 16.4. The van der Waals surface area contributed by atoms with E-state index in [1.54, 1.807) is 0 Å². The molecule has 1 heterocycles. The average Bonchev–Trinajstić information content (AvgIpc) is 3.17. The van der Waals surface area contributed by atoms with Crippen LogP contribution in [0.2, 0.25) is 0 Å². The Labute approximate surface area is 118 Å². The predicted molar refractivity (Wildman–Crippen MR) is 79.0 cm³/mol. The average molecular weight is 269 g/mol. The van der Waals surface area contributed by atoms with Crippen molar-refractivity contribution in [3.8, 4) is 0 Å². The number of nitrogens with zero attached hydrogens (tertiary/aromatic N) is 1. The van der Waals surface area contributed by atoms with Gasteiger partial charge in [0.25, 0.3) is 0 Å². The first kappa shape index (κ1) is 13.1. The molecule has 3 heteroatoms. The molecule has 0 saturated heterocycles. The molecule has 3 nitrogen and oxygen atoms in total. The van der Waals surface area contributed by atoms with Crippen LogP contribution in [0.4, 0.5) is 0 Å². The standard InChI is InChI=1S/C17H19NO2/c1-11(2)15-10-18-9-12-7-13(3-4-14(12)15)17(5-6-17)8-16(19)20/h3-4,7,9-11H,5-6,8H2,1-2H3,(H,19,20). The third-order valence-corrected chi connectivity index (χ3v) is 4.37. The number of aliphatic carboxylic acids is 1. The van der Waals surface area contributed by atoms with Crippen LogP contribution in [0.1, 0.15) is 50.2 Å². The monoisotopic (exact) mass is 269 g/mol. The topological polar surface area (TPSA) is 50.2 Å². The van der Waals surface area contributed by atoms with Gasteiger partial charge in [0.1, 0.15) is 0 Å². The summed E-state index contributed by atoms with van der Waals surface area (Å²) in [4.78, 5) is 15.3. The molecule has 1 aliphatic rings. The summed E-state index contributed by atoms with van der Waals surface area (Å²) in [7, 11) is 0. The van der Waals surface area contributed by atoms with Crippen molar-refractivity contribution >= 4 is 16.7 Å². The van der Waals surface area contributed by atoms with Crippen LogP contribution in [0.15, 0.2) is 30.6 Å². The van der Waals surface area contributed by atoms with Gasteiger partial charge in [-0.1, -0.05) is 26.0 Å². The Morgan fingerprint density at radius 2 is 2.10 bits per heavy atom. The van der Waals surface area contributed by atoms with Gasteiger partial charge in [0, 0.05) is 23.2 Å². The molecule has 1 N–H and O–H groups in total. The van der Waals surface area contributed by atoms with Crippen molar-refractivity contribution in [2.75, 3.05) is 0 Å². The Kier molecular flexibility index (Phi) is 3.00. The number of aromatic nitrogens is 1. The lowest BCUT2D eigenvalue weighted by molar-refractivity contribution is -0.137. The van der Waals surface area contributed by atoms with Crippen LogP contribution in [0.3, 0.4) is 0 Å². The molecule has 104 valence electrons. The summed E-state index contributed by atoms with van der Waals surface area (Å²) in [5.41, 5.74) is 2.26. The lowest BCUT2D eigenvalue weighted by Crippen LogP contribution is -2.12. The van der Waals surface area contributed by atoms with Gasteiger partial charge in [0.15, 0.2) is 0 Å². The first-order valence-electron chi connectivity index (χ1n) is 7.12. The van der Waals surface area contributed by atoms with E-state index < -0.39 is 5.97 Å². The van der Waals surface area contributed by atoms with Crippen molar-refractivity contribution in [1.82, 2.24) is 4.98 Å². The molecule has 0 radical (unpaired) electrons. The molecular weight excluding hydrogens is 250 g/mol. The Hall–Kier alpha value is -1.90. The van der Waals surface area contributed by atoms with E-state index in [0.717, 1.165) is 23.8 Å².